The number of allylic oxidation sites excluding steroid dienone is 1. The average Bonchev–Trinajstić information content (AvgIpc) is 3.23. The van der Waals surface area contributed by atoms with Crippen LogP contribution in [-0.2, 0) is 9.53 Å². The van der Waals surface area contributed by atoms with Crippen LogP contribution in [0.3, 0.4) is 0 Å². The van der Waals surface area contributed by atoms with Gasteiger partial charge in [0, 0.05) is 31.5 Å². The molecule has 2 N–H and O–H groups in total. The molecule has 33 heavy (non-hydrogen) atoms. The molecule has 0 bridgehead atoms. The quantitative estimate of drug-likeness (QED) is 0.514. The number of hydrogen-bond donors (Lipinski definition) is 2. The summed E-state index contributed by atoms with van der Waals surface area (Å²) in [5.74, 6) is -0.0443. The first kappa shape index (κ1) is 23.0. The molecule has 0 saturated carbocycles. The Morgan fingerprint density at radius 3 is 2.88 bits per heavy atom. The molecule has 0 saturated heterocycles. The molecule has 3 aromatic rings. The summed E-state index contributed by atoms with van der Waals surface area (Å²) in [6, 6.07) is 9.49. The van der Waals surface area contributed by atoms with Crippen molar-refractivity contribution in [2.45, 2.75) is 31.9 Å². The maximum absolute atomic E-state index is 12.1. The molecule has 0 radical (unpaired) electrons. The van der Waals surface area contributed by atoms with Gasteiger partial charge < -0.3 is 15.2 Å². The van der Waals surface area contributed by atoms with Gasteiger partial charge in [0.05, 0.1) is 22.5 Å². The number of benzene rings is 1. The van der Waals surface area contributed by atoms with Crippen LogP contribution in [0.25, 0.3) is 27.0 Å². The summed E-state index contributed by atoms with van der Waals surface area (Å²) in [6.07, 6.45) is 6.29. The minimum atomic E-state index is -0.439. The van der Waals surface area contributed by atoms with Crippen LogP contribution < -0.4 is 5.32 Å². The third-order valence-corrected chi connectivity index (χ3v) is 6.44. The molecule has 7 nitrogen and oxygen atoms in total. The number of aromatic nitrogens is 2. The number of pyridine rings is 1. The Morgan fingerprint density at radius 1 is 1.36 bits per heavy atom. The zero-order valence-corrected chi connectivity index (χ0v) is 19.4. The second kappa shape index (κ2) is 10.2. The largest absolute Gasteiger partial charge is 0.394 e. The summed E-state index contributed by atoms with van der Waals surface area (Å²) in [5, 5.41) is 13.0. The highest BCUT2D eigenvalue weighted by Gasteiger charge is 2.25. The Hall–Kier alpha value is -3.20. The Balaban J connectivity index is 1.77. The van der Waals surface area contributed by atoms with Crippen LogP contribution in [-0.4, -0.2) is 53.1 Å². The number of anilines is 1. The fourth-order valence-corrected chi connectivity index (χ4v) is 4.73. The highest BCUT2D eigenvalue weighted by molar-refractivity contribution is 7.22. The van der Waals surface area contributed by atoms with Gasteiger partial charge in [0.1, 0.15) is 12.1 Å². The molecule has 1 aliphatic rings. The SMILES string of the molecule is C=C1C=C(c2cc(-c3ccccn3)c3sc(NC(=O)CCC)nc3c2)C=NC1C(CO)OC. The molecule has 8 heteroatoms. The maximum Gasteiger partial charge on any atom is 0.226 e. The number of methoxy groups -OCH3 is 1. The highest BCUT2D eigenvalue weighted by Crippen LogP contribution is 2.37. The van der Waals surface area contributed by atoms with Crippen molar-refractivity contribution in [1.29, 1.82) is 0 Å². The monoisotopic (exact) mass is 462 g/mol. The van der Waals surface area contributed by atoms with Crippen LogP contribution in [0.5, 0.6) is 0 Å². The maximum atomic E-state index is 12.1. The van der Waals surface area contributed by atoms with Gasteiger partial charge in [0.15, 0.2) is 5.13 Å². The fraction of sp³-hybridized carbons (Fsp3) is 0.280. The number of thiazole rings is 1. The summed E-state index contributed by atoms with van der Waals surface area (Å²) in [6.45, 7) is 5.96. The Bertz CT molecular complexity index is 1230. The standard InChI is InChI=1S/C25H26N4O3S/c1-4-7-22(31)29-25-28-20-12-16(11-18(24(20)33-25)19-8-5-6-9-26-19)17-10-15(2)23(27-13-17)21(14-30)32-3/h5-6,8-13,21,23,30H,2,4,7,14H2,1,3H3,(H,28,29,31). The topological polar surface area (TPSA) is 96.7 Å². The molecular weight excluding hydrogens is 436 g/mol. The van der Waals surface area contributed by atoms with Crippen LogP contribution in [0.4, 0.5) is 5.13 Å². The van der Waals surface area contributed by atoms with E-state index in [2.05, 4.69) is 32.9 Å². The molecule has 2 unspecified atom stereocenters. The van der Waals surface area contributed by atoms with Crippen molar-refractivity contribution in [3.05, 3.63) is 60.3 Å². The number of aliphatic hydroxyl groups is 1. The van der Waals surface area contributed by atoms with E-state index >= 15 is 0 Å². The van der Waals surface area contributed by atoms with Crippen LogP contribution in [0.1, 0.15) is 25.3 Å². The molecule has 1 aliphatic heterocycles. The predicted molar refractivity (Wildman–Crippen MR) is 134 cm³/mol. The van der Waals surface area contributed by atoms with E-state index in [1.807, 2.05) is 37.3 Å². The number of fused-ring (bicyclic) bond motifs is 1. The molecule has 2 aromatic heterocycles. The second-order valence-electron chi connectivity index (χ2n) is 7.76. The second-order valence-corrected chi connectivity index (χ2v) is 8.76. The van der Waals surface area contributed by atoms with E-state index in [4.69, 9.17) is 4.74 Å². The Morgan fingerprint density at radius 2 is 2.21 bits per heavy atom. The van der Waals surface area contributed by atoms with Gasteiger partial charge in [-0.1, -0.05) is 30.9 Å². The van der Waals surface area contributed by atoms with Crippen molar-refractivity contribution in [2.24, 2.45) is 4.99 Å². The molecule has 1 aromatic carbocycles. The third-order valence-electron chi connectivity index (χ3n) is 5.42. The van der Waals surface area contributed by atoms with Gasteiger partial charge in [-0.2, -0.15) is 0 Å². The van der Waals surface area contributed by atoms with E-state index in [-0.39, 0.29) is 18.6 Å². The van der Waals surface area contributed by atoms with Crippen molar-refractivity contribution in [3.63, 3.8) is 0 Å². The van der Waals surface area contributed by atoms with Gasteiger partial charge in [-0.05, 0) is 53.5 Å². The van der Waals surface area contributed by atoms with Crippen molar-refractivity contribution < 1.29 is 14.6 Å². The molecule has 0 fully saturated rings. The summed E-state index contributed by atoms with van der Waals surface area (Å²) in [5.41, 5.74) is 5.10. The van der Waals surface area contributed by atoms with E-state index in [0.717, 1.165) is 44.6 Å². The first-order valence-electron chi connectivity index (χ1n) is 10.8. The summed E-state index contributed by atoms with van der Waals surface area (Å²) >= 11 is 1.44. The molecule has 0 aliphatic carbocycles. The lowest BCUT2D eigenvalue weighted by molar-refractivity contribution is -0.116. The predicted octanol–water partition coefficient (Wildman–Crippen LogP) is 4.50. The lowest BCUT2D eigenvalue weighted by atomic mass is 9.94. The average molecular weight is 463 g/mol. The van der Waals surface area contributed by atoms with Gasteiger partial charge in [0.2, 0.25) is 5.91 Å². The van der Waals surface area contributed by atoms with Gasteiger partial charge >= 0.3 is 0 Å². The number of hydrogen-bond acceptors (Lipinski definition) is 7. The first-order chi connectivity index (χ1) is 16.0. The highest BCUT2D eigenvalue weighted by atomic mass is 32.1. The Kier molecular flexibility index (Phi) is 7.08. The molecule has 4 rings (SSSR count). The summed E-state index contributed by atoms with van der Waals surface area (Å²) in [4.78, 5) is 25.9. The number of dihydropyridines is 1. The summed E-state index contributed by atoms with van der Waals surface area (Å²) in [7, 11) is 1.55. The van der Waals surface area contributed by atoms with E-state index < -0.39 is 6.10 Å². The van der Waals surface area contributed by atoms with Crippen LogP contribution in [0, 0.1) is 0 Å². The fourth-order valence-electron chi connectivity index (χ4n) is 3.75. The van der Waals surface area contributed by atoms with Gasteiger partial charge in [-0.3, -0.25) is 14.8 Å². The smallest absolute Gasteiger partial charge is 0.226 e. The zero-order chi connectivity index (χ0) is 23.4. The minimum absolute atomic E-state index is 0.0443. The van der Waals surface area contributed by atoms with E-state index in [0.29, 0.717) is 11.6 Å². The number of amides is 1. The number of aliphatic hydroxyl groups excluding tert-OH is 1. The molecule has 3 heterocycles. The normalized spacial score (nSPS) is 16.6. The van der Waals surface area contributed by atoms with Crippen LogP contribution >= 0.6 is 11.3 Å². The Labute approximate surface area is 196 Å². The molecular formula is C25H26N4O3S. The number of rotatable bonds is 8. The molecule has 0 spiro atoms. The molecule has 1 amide bonds. The number of carbonyl (C=O) groups is 1. The van der Waals surface area contributed by atoms with Gasteiger partial charge in [-0.25, -0.2) is 4.98 Å². The van der Waals surface area contributed by atoms with Crippen molar-refractivity contribution in [1.82, 2.24) is 9.97 Å². The number of ether oxygens (including phenoxy) is 1. The van der Waals surface area contributed by atoms with Crippen molar-refractivity contribution >= 4 is 44.4 Å². The van der Waals surface area contributed by atoms with Gasteiger partial charge in [-0.15, -0.1) is 0 Å². The van der Waals surface area contributed by atoms with E-state index in [9.17, 15) is 9.90 Å². The van der Waals surface area contributed by atoms with Crippen molar-refractivity contribution in [3.8, 4) is 11.3 Å². The van der Waals surface area contributed by atoms with E-state index in [1.165, 1.54) is 11.3 Å². The number of nitrogens with one attached hydrogen (secondary N) is 1. The number of aliphatic imine (C=N–C) groups is 1. The number of nitrogens with zero attached hydrogens (tertiary/aromatic N) is 3. The lowest BCUT2D eigenvalue weighted by Gasteiger charge is -2.24. The third kappa shape index (κ3) is 4.93. The summed E-state index contributed by atoms with van der Waals surface area (Å²) < 4.78 is 6.28. The van der Waals surface area contributed by atoms with Crippen molar-refractivity contribution in [2.75, 3.05) is 19.0 Å². The molecule has 170 valence electrons. The van der Waals surface area contributed by atoms with Crippen LogP contribution in [0.15, 0.2) is 59.7 Å². The van der Waals surface area contributed by atoms with Crippen LogP contribution in [0.2, 0.25) is 0 Å². The first-order valence-corrected chi connectivity index (χ1v) is 11.6. The number of carbonyl (C=O) groups excluding carboxylic acids is 1. The molecule has 2 atom stereocenters. The zero-order valence-electron chi connectivity index (χ0n) is 18.6. The van der Waals surface area contributed by atoms with E-state index in [1.54, 1.807) is 19.5 Å². The lowest BCUT2D eigenvalue weighted by Crippen LogP contribution is -2.32. The van der Waals surface area contributed by atoms with Gasteiger partial charge in [0.25, 0.3) is 0 Å². The minimum Gasteiger partial charge on any atom is -0.394 e.